The zero-order valence-corrected chi connectivity index (χ0v) is 11.8. The smallest absolute Gasteiger partial charge is 0.164 e. The lowest BCUT2D eigenvalue weighted by atomic mass is 10.1. The summed E-state index contributed by atoms with van der Waals surface area (Å²) in [5, 5.41) is 23.4. The van der Waals surface area contributed by atoms with E-state index in [-0.39, 0.29) is 5.57 Å². The Balaban J connectivity index is 2.45. The summed E-state index contributed by atoms with van der Waals surface area (Å²) in [7, 11) is 0. The SMILES string of the molecule is Cc1nn2c(nc(Cl)c3ccccc32)c1C=C(C#N)C#N. The van der Waals surface area contributed by atoms with Crippen LogP contribution in [0.25, 0.3) is 22.6 Å². The van der Waals surface area contributed by atoms with Gasteiger partial charge < -0.3 is 0 Å². The molecule has 0 aliphatic rings. The van der Waals surface area contributed by atoms with Gasteiger partial charge in [-0.3, -0.25) is 0 Å². The Morgan fingerprint density at radius 2 is 2.00 bits per heavy atom. The third kappa shape index (κ3) is 2.01. The van der Waals surface area contributed by atoms with Gasteiger partial charge in [-0.2, -0.15) is 15.6 Å². The first kappa shape index (κ1) is 13.1. The predicted octanol–water partition coefficient (Wildman–Crippen LogP) is 3.27. The second kappa shape index (κ2) is 4.90. The molecule has 2 aromatic heterocycles. The number of nitrogens with zero attached hydrogens (tertiary/aromatic N) is 5. The first-order valence-electron chi connectivity index (χ1n) is 6.11. The van der Waals surface area contributed by atoms with E-state index < -0.39 is 0 Å². The normalized spacial score (nSPS) is 10.3. The summed E-state index contributed by atoms with van der Waals surface area (Å²) in [4.78, 5) is 4.35. The van der Waals surface area contributed by atoms with Crippen molar-refractivity contribution < 1.29 is 0 Å². The lowest BCUT2D eigenvalue weighted by Crippen LogP contribution is -1.94. The van der Waals surface area contributed by atoms with Crippen LogP contribution in [0, 0.1) is 29.6 Å². The molecular formula is C15H8ClN5. The average molecular weight is 294 g/mol. The molecule has 2 heterocycles. The number of aryl methyl sites for hydroxylation is 1. The number of benzene rings is 1. The van der Waals surface area contributed by atoms with E-state index in [1.807, 2.05) is 36.4 Å². The summed E-state index contributed by atoms with van der Waals surface area (Å²) in [5.74, 6) is 0. The standard InChI is InChI=1S/C15H8ClN5/c1-9-12(6-10(7-17)8-18)15-19-14(16)11-4-2-3-5-13(11)21(15)20-9/h2-6H,1H3. The first-order valence-corrected chi connectivity index (χ1v) is 6.49. The van der Waals surface area contributed by atoms with Crippen molar-refractivity contribution in [1.82, 2.24) is 14.6 Å². The number of hydrogen-bond donors (Lipinski definition) is 0. The van der Waals surface area contributed by atoms with Gasteiger partial charge in [-0.25, -0.2) is 9.50 Å². The molecule has 3 rings (SSSR count). The third-order valence-corrected chi connectivity index (χ3v) is 3.46. The Labute approximate surface area is 125 Å². The summed E-state index contributed by atoms with van der Waals surface area (Å²) in [6, 6.07) is 11.2. The molecule has 0 atom stereocenters. The third-order valence-electron chi connectivity index (χ3n) is 3.17. The van der Waals surface area contributed by atoms with Crippen molar-refractivity contribution in [2.45, 2.75) is 6.92 Å². The fraction of sp³-hybridized carbons (Fsp3) is 0.0667. The van der Waals surface area contributed by atoms with Crippen LogP contribution in [0.15, 0.2) is 29.8 Å². The zero-order chi connectivity index (χ0) is 15.0. The summed E-state index contributed by atoms with van der Waals surface area (Å²) in [6.45, 7) is 1.80. The van der Waals surface area contributed by atoms with E-state index in [0.717, 1.165) is 10.9 Å². The van der Waals surface area contributed by atoms with Crippen LogP contribution in [0.2, 0.25) is 5.15 Å². The Bertz CT molecular complexity index is 969. The fourth-order valence-corrected chi connectivity index (χ4v) is 2.43. The quantitative estimate of drug-likeness (QED) is 0.509. The maximum absolute atomic E-state index is 8.90. The molecule has 100 valence electrons. The molecule has 0 amide bonds. The Hall–Kier alpha value is -2.89. The molecule has 0 N–H and O–H groups in total. The predicted molar refractivity (Wildman–Crippen MR) is 79.4 cm³/mol. The molecular weight excluding hydrogens is 286 g/mol. The molecule has 0 bridgehead atoms. The van der Waals surface area contributed by atoms with E-state index in [1.54, 1.807) is 11.4 Å². The second-order valence-corrected chi connectivity index (χ2v) is 4.79. The van der Waals surface area contributed by atoms with Crippen LogP contribution in [0.1, 0.15) is 11.3 Å². The number of nitriles is 2. The highest BCUT2D eigenvalue weighted by atomic mass is 35.5. The van der Waals surface area contributed by atoms with Gasteiger partial charge in [-0.1, -0.05) is 23.7 Å². The van der Waals surface area contributed by atoms with Crippen LogP contribution in [0.3, 0.4) is 0 Å². The molecule has 0 saturated carbocycles. The monoisotopic (exact) mass is 293 g/mol. The van der Waals surface area contributed by atoms with Gasteiger partial charge >= 0.3 is 0 Å². The summed E-state index contributed by atoms with van der Waals surface area (Å²) in [5.41, 5.74) is 2.66. The van der Waals surface area contributed by atoms with Crippen LogP contribution in [-0.4, -0.2) is 14.6 Å². The van der Waals surface area contributed by atoms with Crippen molar-refractivity contribution in [3.63, 3.8) is 0 Å². The van der Waals surface area contributed by atoms with Crippen molar-refractivity contribution >= 4 is 34.2 Å². The molecule has 1 aromatic carbocycles. The maximum Gasteiger partial charge on any atom is 0.164 e. The number of halogens is 1. The van der Waals surface area contributed by atoms with Gasteiger partial charge in [0.1, 0.15) is 22.9 Å². The molecule has 5 nitrogen and oxygen atoms in total. The summed E-state index contributed by atoms with van der Waals surface area (Å²) in [6.07, 6.45) is 1.48. The van der Waals surface area contributed by atoms with Crippen molar-refractivity contribution in [3.05, 3.63) is 46.2 Å². The number of rotatable bonds is 1. The van der Waals surface area contributed by atoms with Crippen molar-refractivity contribution in [3.8, 4) is 12.1 Å². The Morgan fingerprint density at radius 3 is 2.71 bits per heavy atom. The molecule has 0 unspecified atom stereocenters. The molecule has 6 heteroatoms. The van der Waals surface area contributed by atoms with E-state index >= 15 is 0 Å². The Kier molecular flexibility index (Phi) is 3.06. The van der Waals surface area contributed by atoms with E-state index in [0.29, 0.717) is 22.1 Å². The van der Waals surface area contributed by atoms with Gasteiger partial charge in [0, 0.05) is 10.9 Å². The van der Waals surface area contributed by atoms with Gasteiger partial charge in [0.15, 0.2) is 5.65 Å². The van der Waals surface area contributed by atoms with E-state index in [9.17, 15) is 0 Å². The first-order chi connectivity index (χ1) is 10.2. The van der Waals surface area contributed by atoms with Gasteiger partial charge in [0.2, 0.25) is 0 Å². The van der Waals surface area contributed by atoms with Crippen LogP contribution < -0.4 is 0 Å². The average Bonchev–Trinajstić information content (AvgIpc) is 2.81. The van der Waals surface area contributed by atoms with E-state index in [2.05, 4.69) is 10.1 Å². The molecule has 3 aromatic rings. The van der Waals surface area contributed by atoms with Crippen LogP contribution in [0.4, 0.5) is 0 Å². The van der Waals surface area contributed by atoms with E-state index in [4.69, 9.17) is 22.1 Å². The molecule has 0 saturated heterocycles. The fourth-order valence-electron chi connectivity index (χ4n) is 2.19. The van der Waals surface area contributed by atoms with Gasteiger partial charge in [0.25, 0.3) is 0 Å². The lowest BCUT2D eigenvalue weighted by Gasteiger charge is -2.02. The minimum absolute atomic E-state index is 0.000851. The molecule has 0 fully saturated rings. The molecule has 21 heavy (non-hydrogen) atoms. The molecule has 0 aliphatic carbocycles. The minimum atomic E-state index is -0.000851. The van der Waals surface area contributed by atoms with Gasteiger partial charge in [-0.05, 0) is 25.1 Å². The number of hydrogen-bond acceptors (Lipinski definition) is 4. The molecule has 0 aliphatic heterocycles. The zero-order valence-electron chi connectivity index (χ0n) is 11.0. The highest BCUT2D eigenvalue weighted by Crippen LogP contribution is 2.26. The Morgan fingerprint density at radius 1 is 1.29 bits per heavy atom. The lowest BCUT2D eigenvalue weighted by molar-refractivity contribution is 0.956. The number of allylic oxidation sites excluding steroid dienone is 1. The minimum Gasteiger partial charge on any atom is -0.216 e. The van der Waals surface area contributed by atoms with Crippen LogP contribution in [0.5, 0.6) is 0 Å². The summed E-state index contributed by atoms with van der Waals surface area (Å²) >= 11 is 6.22. The molecule has 0 spiro atoms. The van der Waals surface area contributed by atoms with Crippen LogP contribution in [-0.2, 0) is 0 Å². The van der Waals surface area contributed by atoms with Crippen LogP contribution >= 0.6 is 11.6 Å². The van der Waals surface area contributed by atoms with Crippen molar-refractivity contribution in [2.24, 2.45) is 0 Å². The molecule has 0 radical (unpaired) electrons. The number of aromatic nitrogens is 3. The number of fused-ring (bicyclic) bond motifs is 3. The topological polar surface area (TPSA) is 77.8 Å². The van der Waals surface area contributed by atoms with Gasteiger partial charge in [-0.15, -0.1) is 0 Å². The maximum atomic E-state index is 8.90. The van der Waals surface area contributed by atoms with Gasteiger partial charge in [0.05, 0.1) is 11.2 Å². The largest absolute Gasteiger partial charge is 0.216 e. The second-order valence-electron chi connectivity index (χ2n) is 4.44. The highest BCUT2D eigenvalue weighted by Gasteiger charge is 2.14. The van der Waals surface area contributed by atoms with Crippen molar-refractivity contribution in [1.29, 1.82) is 10.5 Å². The van der Waals surface area contributed by atoms with Crippen molar-refractivity contribution in [2.75, 3.05) is 0 Å². The summed E-state index contributed by atoms with van der Waals surface area (Å²) < 4.78 is 1.68. The number of para-hydroxylation sites is 1. The highest BCUT2D eigenvalue weighted by molar-refractivity contribution is 6.34. The van der Waals surface area contributed by atoms with E-state index in [1.165, 1.54) is 6.08 Å².